The Hall–Kier alpha value is 0.610. The van der Waals surface area contributed by atoms with Crippen LogP contribution in [-0.4, -0.2) is 43.6 Å². The SMILES string of the molecule is CCC1CCC(CI)(OCCOCCCOC)CC1. The van der Waals surface area contributed by atoms with Crippen LogP contribution in [-0.2, 0) is 14.2 Å². The first-order valence-corrected chi connectivity index (χ1v) is 9.05. The maximum Gasteiger partial charge on any atom is 0.0772 e. The van der Waals surface area contributed by atoms with Gasteiger partial charge >= 0.3 is 0 Å². The summed E-state index contributed by atoms with van der Waals surface area (Å²) < 4.78 is 17.8. The van der Waals surface area contributed by atoms with Gasteiger partial charge in [0.15, 0.2) is 0 Å². The minimum absolute atomic E-state index is 0.127. The van der Waals surface area contributed by atoms with E-state index in [-0.39, 0.29) is 5.60 Å². The summed E-state index contributed by atoms with van der Waals surface area (Å²) in [5.41, 5.74) is 0.127. The highest BCUT2D eigenvalue weighted by atomic mass is 127. The Balaban J connectivity index is 2.11. The van der Waals surface area contributed by atoms with Crippen LogP contribution in [0.2, 0.25) is 0 Å². The predicted octanol–water partition coefficient (Wildman–Crippen LogP) is 3.83. The van der Waals surface area contributed by atoms with Gasteiger partial charge in [0.25, 0.3) is 0 Å². The number of halogens is 1. The zero-order valence-electron chi connectivity index (χ0n) is 12.5. The van der Waals surface area contributed by atoms with Gasteiger partial charge in [0.05, 0.1) is 18.8 Å². The summed E-state index contributed by atoms with van der Waals surface area (Å²) in [6.07, 6.45) is 7.38. The second kappa shape index (κ2) is 10.4. The molecule has 3 nitrogen and oxygen atoms in total. The Bertz CT molecular complexity index is 215. The Labute approximate surface area is 131 Å². The molecule has 0 amide bonds. The Kier molecular flexibility index (Phi) is 9.62. The van der Waals surface area contributed by atoms with Gasteiger partial charge < -0.3 is 14.2 Å². The lowest BCUT2D eigenvalue weighted by Gasteiger charge is -2.38. The molecule has 0 radical (unpaired) electrons. The van der Waals surface area contributed by atoms with Crippen molar-refractivity contribution in [3.63, 3.8) is 0 Å². The van der Waals surface area contributed by atoms with Gasteiger partial charge in [-0.3, -0.25) is 0 Å². The molecule has 0 aromatic rings. The maximum absolute atomic E-state index is 6.16. The van der Waals surface area contributed by atoms with E-state index in [1.807, 2.05) is 0 Å². The Morgan fingerprint density at radius 1 is 1.11 bits per heavy atom. The highest BCUT2D eigenvalue weighted by molar-refractivity contribution is 14.1. The molecule has 4 heteroatoms. The van der Waals surface area contributed by atoms with Gasteiger partial charge in [-0.15, -0.1) is 0 Å². The molecule has 0 unspecified atom stereocenters. The van der Waals surface area contributed by atoms with E-state index in [4.69, 9.17) is 14.2 Å². The monoisotopic (exact) mass is 384 g/mol. The van der Waals surface area contributed by atoms with Crippen LogP contribution >= 0.6 is 22.6 Å². The molecule has 0 aromatic heterocycles. The predicted molar refractivity (Wildman–Crippen MR) is 87.1 cm³/mol. The van der Waals surface area contributed by atoms with Crippen LogP contribution in [0, 0.1) is 5.92 Å². The third-order valence-electron chi connectivity index (χ3n) is 4.11. The van der Waals surface area contributed by atoms with Crippen molar-refractivity contribution in [3.05, 3.63) is 0 Å². The number of ether oxygens (including phenoxy) is 3. The smallest absolute Gasteiger partial charge is 0.0772 e. The second-order valence-corrected chi connectivity index (χ2v) is 6.24. The number of rotatable bonds is 10. The first-order chi connectivity index (χ1) is 9.26. The van der Waals surface area contributed by atoms with Crippen LogP contribution in [0.5, 0.6) is 0 Å². The van der Waals surface area contributed by atoms with Crippen molar-refractivity contribution in [1.82, 2.24) is 0 Å². The zero-order chi connectivity index (χ0) is 14.0. The summed E-state index contributed by atoms with van der Waals surface area (Å²) in [5, 5.41) is 0. The molecule has 1 aliphatic carbocycles. The molecule has 0 aromatic carbocycles. The quantitative estimate of drug-likeness (QED) is 0.326. The van der Waals surface area contributed by atoms with Gasteiger partial charge in [0.2, 0.25) is 0 Å². The molecule has 1 aliphatic rings. The van der Waals surface area contributed by atoms with E-state index < -0.39 is 0 Å². The first-order valence-electron chi connectivity index (χ1n) is 7.53. The number of methoxy groups -OCH3 is 1. The first kappa shape index (κ1) is 17.7. The Morgan fingerprint density at radius 2 is 1.84 bits per heavy atom. The molecule has 19 heavy (non-hydrogen) atoms. The summed E-state index contributed by atoms with van der Waals surface area (Å²) >= 11 is 2.48. The second-order valence-electron chi connectivity index (χ2n) is 5.48. The standard InChI is InChI=1S/C15H29IO3/c1-3-14-5-7-15(13-16,8-6-14)19-12-11-18-10-4-9-17-2/h14H,3-13H2,1-2H3. The van der Waals surface area contributed by atoms with Gasteiger partial charge in [0.1, 0.15) is 0 Å². The molecule has 1 saturated carbocycles. The third kappa shape index (κ3) is 6.74. The van der Waals surface area contributed by atoms with E-state index in [2.05, 4.69) is 29.5 Å². The maximum atomic E-state index is 6.16. The van der Waals surface area contributed by atoms with Gasteiger partial charge in [-0.1, -0.05) is 35.9 Å². The molecule has 0 atom stereocenters. The van der Waals surface area contributed by atoms with Crippen LogP contribution < -0.4 is 0 Å². The fraction of sp³-hybridized carbons (Fsp3) is 1.00. The minimum atomic E-state index is 0.127. The van der Waals surface area contributed by atoms with Gasteiger partial charge in [-0.25, -0.2) is 0 Å². The summed E-state index contributed by atoms with van der Waals surface area (Å²) in [6, 6.07) is 0. The lowest BCUT2D eigenvalue weighted by Crippen LogP contribution is -2.39. The molecular formula is C15H29IO3. The molecule has 0 aliphatic heterocycles. The van der Waals surface area contributed by atoms with E-state index in [0.717, 1.165) is 36.6 Å². The van der Waals surface area contributed by atoms with E-state index in [1.165, 1.54) is 32.1 Å². The molecule has 0 bridgehead atoms. The highest BCUT2D eigenvalue weighted by Crippen LogP contribution is 2.37. The molecule has 0 saturated heterocycles. The average Bonchev–Trinajstić information content (AvgIpc) is 2.47. The van der Waals surface area contributed by atoms with Gasteiger partial charge in [-0.2, -0.15) is 0 Å². The van der Waals surface area contributed by atoms with Crippen LogP contribution in [0.4, 0.5) is 0 Å². The topological polar surface area (TPSA) is 27.7 Å². The van der Waals surface area contributed by atoms with Crippen LogP contribution in [0.3, 0.4) is 0 Å². The summed E-state index contributed by atoms with van der Waals surface area (Å²) in [7, 11) is 1.72. The molecule has 1 rings (SSSR count). The van der Waals surface area contributed by atoms with Crippen molar-refractivity contribution in [3.8, 4) is 0 Å². The summed E-state index contributed by atoms with van der Waals surface area (Å²) in [6.45, 7) is 5.28. The van der Waals surface area contributed by atoms with Crippen molar-refractivity contribution in [2.24, 2.45) is 5.92 Å². The lowest BCUT2D eigenvalue weighted by atomic mass is 9.79. The molecule has 0 N–H and O–H groups in total. The summed E-state index contributed by atoms with van der Waals surface area (Å²) in [4.78, 5) is 0. The summed E-state index contributed by atoms with van der Waals surface area (Å²) in [5.74, 6) is 0.921. The number of hydrogen-bond acceptors (Lipinski definition) is 3. The van der Waals surface area contributed by atoms with Crippen molar-refractivity contribution in [2.45, 2.75) is 51.0 Å². The minimum Gasteiger partial charge on any atom is -0.385 e. The van der Waals surface area contributed by atoms with Crippen molar-refractivity contribution < 1.29 is 14.2 Å². The van der Waals surface area contributed by atoms with Gasteiger partial charge in [0, 0.05) is 24.8 Å². The molecule has 114 valence electrons. The van der Waals surface area contributed by atoms with E-state index in [1.54, 1.807) is 7.11 Å². The van der Waals surface area contributed by atoms with E-state index in [9.17, 15) is 0 Å². The molecular weight excluding hydrogens is 355 g/mol. The van der Waals surface area contributed by atoms with Crippen molar-refractivity contribution in [1.29, 1.82) is 0 Å². The zero-order valence-corrected chi connectivity index (χ0v) is 14.6. The number of hydrogen-bond donors (Lipinski definition) is 0. The molecule has 0 spiro atoms. The van der Waals surface area contributed by atoms with Gasteiger partial charge in [-0.05, 0) is 38.0 Å². The fourth-order valence-electron chi connectivity index (χ4n) is 2.65. The van der Waals surface area contributed by atoms with E-state index >= 15 is 0 Å². The number of alkyl halides is 1. The lowest BCUT2D eigenvalue weighted by molar-refractivity contribution is -0.0784. The Morgan fingerprint density at radius 3 is 2.42 bits per heavy atom. The largest absolute Gasteiger partial charge is 0.385 e. The molecule has 1 fully saturated rings. The van der Waals surface area contributed by atoms with Crippen LogP contribution in [0.1, 0.15) is 45.4 Å². The fourth-order valence-corrected chi connectivity index (χ4v) is 3.64. The highest BCUT2D eigenvalue weighted by Gasteiger charge is 2.34. The molecule has 0 heterocycles. The van der Waals surface area contributed by atoms with E-state index in [0.29, 0.717) is 6.61 Å². The third-order valence-corrected chi connectivity index (χ3v) is 5.50. The van der Waals surface area contributed by atoms with Crippen molar-refractivity contribution in [2.75, 3.05) is 38.0 Å². The van der Waals surface area contributed by atoms with Crippen LogP contribution in [0.15, 0.2) is 0 Å². The normalized spacial score (nSPS) is 27.6. The average molecular weight is 384 g/mol. The van der Waals surface area contributed by atoms with Crippen molar-refractivity contribution >= 4 is 22.6 Å². The van der Waals surface area contributed by atoms with Crippen LogP contribution in [0.25, 0.3) is 0 Å².